The molecule has 0 aliphatic heterocycles. The lowest BCUT2D eigenvalue weighted by atomic mass is 10.2. The van der Waals surface area contributed by atoms with Crippen molar-refractivity contribution in [1.29, 1.82) is 0 Å². The van der Waals surface area contributed by atoms with Gasteiger partial charge in [0.15, 0.2) is 0 Å². The van der Waals surface area contributed by atoms with Crippen LogP contribution in [-0.4, -0.2) is 11.0 Å². The Morgan fingerprint density at radius 1 is 1.54 bits per heavy atom. The van der Waals surface area contributed by atoms with E-state index < -0.39 is 0 Å². The first kappa shape index (κ1) is 9.86. The summed E-state index contributed by atoms with van der Waals surface area (Å²) in [5, 5.41) is 12.1. The minimum atomic E-state index is -0.176. The summed E-state index contributed by atoms with van der Waals surface area (Å²) < 4.78 is 0. The molecule has 3 nitrogen and oxygen atoms in total. The second kappa shape index (κ2) is 3.66. The molecule has 1 rings (SSSR count). The summed E-state index contributed by atoms with van der Waals surface area (Å²) in [7, 11) is 0. The van der Waals surface area contributed by atoms with Crippen molar-refractivity contribution in [2.45, 2.75) is 13.8 Å². The number of nitrogens with one attached hydrogen (secondary N) is 1. The van der Waals surface area contributed by atoms with E-state index in [1.165, 1.54) is 13.0 Å². The molecule has 0 radical (unpaired) electrons. The van der Waals surface area contributed by atoms with Crippen LogP contribution < -0.4 is 5.32 Å². The average molecular weight is 200 g/mol. The highest BCUT2D eigenvalue weighted by Gasteiger charge is 2.05. The number of carbonyl (C=O) groups is 1. The maximum atomic E-state index is 10.7. The van der Waals surface area contributed by atoms with Crippen molar-refractivity contribution in [3.05, 3.63) is 22.7 Å². The number of aromatic hydroxyl groups is 1. The highest BCUT2D eigenvalue weighted by molar-refractivity contribution is 6.32. The van der Waals surface area contributed by atoms with Crippen molar-refractivity contribution in [1.82, 2.24) is 0 Å². The van der Waals surface area contributed by atoms with Crippen molar-refractivity contribution in [3.8, 4) is 5.75 Å². The molecule has 13 heavy (non-hydrogen) atoms. The average Bonchev–Trinajstić information content (AvgIpc) is 1.99. The lowest BCUT2D eigenvalue weighted by molar-refractivity contribution is -0.114. The zero-order valence-electron chi connectivity index (χ0n) is 7.39. The third kappa shape index (κ3) is 2.36. The molecular formula is C9H10ClNO2. The molecule has 0 bridgehead atoms. The van der Waals surface area contributed by atoms with Gasteiger partial charge >= 0.3 is 0 Å². The fraction of sp³-hybridized carbons (Fsp3) is 0.222. The normalized spacial score (nSPS) is 9.77. The smallest absolute Gasteiger partial charge is 0.221 e. The number of carbonyl (C=O) groups excluding carboxylic acids is 1. The van der Waals surface area contributed by atoms with Crippen LogP contribution in [0.5, 0.6) is 5.75 Å². The summed E-state index contributed by atoms with van der Waals surface area (Å²) in [5.74, 6) is -0.208. The molecule has 1 aromatic rings. The van der Waals surface area contributed by atoms with Crippen LogP contribution in [0.4, 0.5) is 5.69 Å². The van der Waals surface area contributed by atoms with Gasteiger partial charge in [0.25, 0.3) is 0 Å². The molecular weight excluding hydrogens is 190 g/mol. The fourth-order valence-electron chi connectivity index (χ4n) is 0.986. The van der Waals surface area contributed by atoms with Crippen LogP contribution in [0.15, 0.2) is 12.1 Å². The van der Waals surface area contributed by atoms with Gasteiger partial charge in [0.1, 0.15) is 5.75 Å². The van der Waals surface area contributed by atoms with Crippen LogP contribution >= 0.6 is 11.6 Å². The van der Waals surface area contributed by atoms with Crippen molar-refractivity contribution in [2.75, 3.05) is 5.32 Å². The zero-order valence-corrected chi connectivity index (χ0v) is 8.14. The van der Waals surface area contributed by atoms with Gasteiger partial charge < -0.3 is 10.4 Å². The highest BCUT2D eigenvalue weighted by atomic mass is 35.5. The highest BCUT2D eigenvalue weighted by Crippen LogP contribution is 2.29. The van der Waals surface area contributed by atoms with Crippen molar-refractivity contribution in [2.24, 2.45) is 0 Å². The number of phenolic OH excluding ortho intramolecular Hbond substituents is 1. The predicted octanol–water partition coefficient (Wildman–Crippen LogP) is 2.31. The van der Waals surface area contributed by atoms with E-state index in [0.717, 1.165) is 5.56 Å². The van der Waals surface area contributed by atoms with E-state index in [1.54, 1.807) is 13.0 Å². The van der Waals surface area contributed by atoms with Gasteiger partial charge in [-0.25, -0.2) is 0 Å². The first-order valence-electron chi connectivity index (χ1n) is 3.77. The van der Waals surface area contributed by atoms with Crippen molar-refractivity contribution >= 4 is 23.2 Å². The molecule has 0 aromatic heterocycles. The molecule has 0 aliphatic rings. The molecule has 0 atom stereocenters. The summed E-state index contributed by atoms with van der Waals surface area (Å²) in [6.45, 7) is 3.21. The third-order valence-corrected chi connectivity index (χ3v) is 1.91. The van der Waals surface area contributed by atoms with Crippen molar-refractivity contribution < 1.29 is 9.90 Å². The minimum Gasteiger partial charge on any atom is -0.506 e. The van der Waals surface area contributed by atoms with Crippen molar-refractivity contribution in [3.63, 3.8) is 0 Å². The Bertz CT molecular complexity index is 350. The number of halogens is 1. The molecule has 0 saturated heterocycles. The van der Waals surface area contributed by atoms with Crippen LogP contribution in [0.1, 0.15) is 12.5 Å². The van der Waals surface area contributed by atoms with E-state index in [9.17, 15) is 9.90 Å². The Labute approximate surface area is 81.3 Å². The van der Waals surface area contributed by atoms with Gasteiger partial charge in [0.2, 0.25) is 5.91 Å². The van der Waals surface area contributed by atoms with Crippen LogP contribution in [0.3, 0.4) is 0 Å². The third-order valence-electron chi connectivity index (χ3n) is 1.60. The topological polar surface area (TPSA) is 49.3 Å². The Morgan fingerprint density at radius 2 is 2.15 bits per heavy atom. The summed E-state index contributed by atoms with van der Waals surface area (Å²) in [6.07, 6.45) is 0. The van der Waals surface area contributed by atoms with Gasteiger partial charge in [-0.3, -0.25) is 4.79 Å². The van der Waals surface area contributed by atoms with Gasteiger partial charge in [-0.15, -0.1) is 0 Å². The number of hydrogen-bond donors (Lipinski definition) is 2. The number of benzene rings is 1. The summed E-state index contributed by atoms with van der Waals surface area (Å²) >= 11 is 5.66. The first-order chi connectivity index (χ1) is 6.00. The number of amides is 1. The molecule has 4 heteroatoms. The fourth-order valence-corrected chi connectivity index (χ4v) is 1.20. The Morgan fingerprint density at radius 3 is 2.69 bits per heavy atom. The molecule has 1 amide bonds. The quantitative estimate of drug-likeness (QED) is 0.729. The van der Waals surface area contributed by atoms with Gasteiger partial charge in [-0.05, 0) is 18.6 Å². The lowest BCUT2D eigenvalue weighted by Crippen LogP contribution is -2.06. The largest absolute Gasteiger partial charge is 0.506 e. The molecule has 0 fully saturated rings. The maximum absolute atomic E-state index is 10.7. The van der Waals surface area contributed by atoms with E-state index in [1.807, 2.05) is 0 Å². The molecule has 0 heterocycles. The van der Waals surface area contributed by atoms with Gasteiger partial charge in [0, 0.05) is 18.7 Å². The summed E-state index contributed by atoms with van der Waals surface area (Å²) in [6, 6.07) is 3.03. The predicted molar refractivity (Wildman–Crippen MR) is 52.2 cm³/mol. The molecule has 0 saturated carbocycles. The van der Waals surface area contributed by atoms with Crippen LogP contribution in [0, 0.1) is 6.92 Å². The van der Waals surface area contributed by atoms with E-state index in [2.05, 4.69) is 5.32 Å². The molecule has 0 unspecified atom stereocenters. The monoisotopic (exact) mass is 199 g/mol. The number of anilines is 1. The number of hydrogen-bond acceptors (Lipinski definition) is 2. The molecule has 0 spiro atoms. The van der Waals surface area contributed by atoms with Crippen LogP contribution in [-0.2, 0) is 4.79 Å². The van der Waals surface area contributed by atoms with Gasteiger partial charge in [-0.2, -0.15) is 0 Å². The minimum absolute atomic E-state index is 0.0315. The van der Waals surface area contributed by atoms with Gasteiger partial charge in [-0.1, -0.05) is 11.6 Å². The van der Waals surface area contributed by atoms with E-state index in [4.69, 9.17) is 11.6 Å². The molecule has 0 aliphatic carbocycles. The Balaban J connectivity index is 3.08. The molecule has 1 aromatic carbocycles. The second-order valence-electron chi connectivity index (χ2n) is 2.80. The molecule has 2 N–H and O–H groups in total. The van der Waals surface area contributed by atoms with Gasteiger partial charge in [0.05, 0.1) is 5.02 Å². The summed E-state index contributed by atoms with van der Waals surface area (Å²) in [5.41, 5.74) is 1.40. The van der Waals surface area contributed by atoms with E-state index >= 15 is 0 Å². The zero-order chi connectivity index (χ0) is 10.0. The standard InChI is InChI=1S/C9H10ClNO2/c1-5-3-7(10)9(13)4-8(5)11-6(2)12/h3-4,13H,1-2H3,(H,11,12). The summed E-state index contributed by atoms with van der Waals surface area (Å²) in [4.78, 5) is 10.7. The molecule has 70 valence electrons. The lowest BCUT2D eigenvalue weighted by Gasteiger charge is -2.07. The second-order valence-corrected chi connectivity index (χ2v) is 3.21. The van der Waals surface area contributed by atoms with E-state index in [0.29, 0.717) is 5.69 Å². The first-order valence-corrected chi connectivity index (χ1v) is 4.15. The SMILES string of the molecule is CC(=O)Nc1cc(O)c(Cl)cc1C. The van der Waals surface area contributed by atoms with Crippen LogP contribution in [0.2, 0.25) is 5.02 Å². The maximum Gasteiger partial charge on any atom is 0.221 e. The number of phenols is 1. The Hall–Kier alpha value is -1.22. The number of aryl methyl sites for hydroxylation is 1. The number of rotatable bonds is 1. The van der Waals surface area contributed by atoms with E-state index in [-0.39, 0.29) is 16.7 Å². The Kier molecular flexibility index (Phi) is 2.78. The van der Waals surface area contributed by atoms with Crippen LogP contribution in [0.25, 0.3) is 0 Å².